The standard InChI is InChI=1S/C19H14F4N4O4S/c1-10-8-11(20)6-7-13(10)31-18-12(9-14(26-27-18)19(21,22)23)17(28)25-15-4-3-5-16(24-15)32(2,29)30/h3-9H,1-2H3,(H,24,25,28). The number of nitrogens with zero attached hydrogens (tertiary/aromatic N) is 3. The first-order valence-corrected chi connectivity index (χ1v) is 10.6. The van der Waals surface area contributed by atoms with Crippen LogP contribution in [0.15, 0.2) is 47.5 Å². The van der Waals surface area contributed by atoms with Crippen LogP contribution in [0.4, 0.5) is 23.4 Å². The van der Waals surface area contributed by atoms with Crippen LogP contribution < -0.4 is 10.1 Å². The number of sulfone groups is 1. The van der Waals surface area contributed by atoms with Gasteiger partial charge in [0.15, 0.2) is 20.6 Å². The number of nitrogens with one attached hydrogen (secondary N) is 1. The van der Waals surface area contributed by atoms with E-state index in [1.54, 1.807) is 0 Å². The van der Waals surface area contributed by atoms with Gasteiger partial charge in [-0.2, -0.15) is 13.2 Å². The van der Waals surface area contributed by atoms with Gasteiger partial charge in [-0.25, -0.2) is 17.8 Å². The molecule has 0 bridgehead atoms. The molecular weight excluding hydrogens is 456 g/mol. The van der Waals surface area contributed by atoms with E-state index in [0.717, 1.165) is 18.4 Å². The summed E-state index contributed by atoms with van der Waals surface area (Å²) in [6.07, 6.45) is -4.00. The van der Waals surface area contributed by atoms with Gasteiger partial charge >= 0.3 is 6.18 Å². The van der Waals surface area contributed by atoms with Crippen LogP contribution in [0.2, 0.25) is 0 Å². The number of carbonyl (C=O) groups excluding carboxylic acids is 1. The molecule has 0 spiro atoms. The first-order valence-electron chi connectivity index (χ1n) is 8.72. The molecule has 0 aliphatic rings. The van der Waals surface area contributed by atoms with Crippen molar-refractivity contribution < 1.29 is 35.5 Å². The first kappa shape index (κ1) is 23.1. The predicted molar refractivity (Wildman–Crippen MR) is 104 cm³/mol. The fourth-order valence-electron chi connectivity index (χ4n) is 2.46. The number of amides is 1. The molecule has 0 saturated heterocycles. The highest BCUT2D eigenvalue weighted by atomic mass is 32.2. The van der Waals surface area contributed by atoms with Gasteiger partial charge in [0.25, 0.3) is 11.8 Å². The summed E-state index contributed by atoms with van der Waals surface area (Å²) in [6.45, 7) is 1.48. The SMILES string of the molecule is Cc1cc(F)ccc1Oc1nnc(C(F)(F)F)cc1C(=O)Nc1cccc(S(C)(=O)=O)n1. The highest BCUT2D eigenvalue weighted by Crippen LogP contribution is 2.32. The zero-order valence-electron chi connectivity index (χ0n) is 16.4. The fraction of sp³-hybridized carbons (Fsp3) is 0.158. The Hall–Kier alpha value is -3.61. The van der Waals surface area contributed by atoms with Crippen molar-refractivity contribution in [3.63, 3.8) is 0 Å². The molecule has 2 heterocycles. The second-order valence-corrected chi connectivity index (χ2v) is 8.51. The Morgan fingerprint density at radius 2 is 1.81 bits per heavy atom. The lowest BCUT2D eigenvalue weighted by atomic mass is 10.2. The molecule has 32 heavy (non-hydrogen) atoms. The van der Waals surface area contributed by atoms with Crippen molar-refractivity contribution in [1.29, 1.82) is 0 Å². The monoisotopic (exact) mass is 470 g/mol. The van der Waals surface area contributed by atoms with Crippen molar-refractivity contribution in [1.82, 2.24) is 15.2 Å². The Balaban J connectivity index is 2.01. The summed E-state index contributed by atoms with van der Waals surface area (Å²) < 4.78 is 81.4. The lowest BCUT2D eigenvalue weighted by molar-refractivity contribution is -0.141. The molecule has 0 saturated carbocycles. The Morgan fingerprint density at radius 1 is 1.09 bits per heavy atom. The average molecular weight is 470 g/mol. The molecule has 0 aliphatic heterocycles. The molecule has 1 amide bonds. The van der Waals surface area contributed by atoms with Crippen LogP contribution in [0.5, 0.6) is 11.6 Å². The van der Waals surface area contributed by atoms with Crippen molar-refractivity contribution in [3.8, 4) is 11.6 Å². The maximum Gasteiger partial charge on any atom is 0.435 e. The van der Waals surface area contributed by atoms with E-state index in [9.17, 15) is 30.8 Å². The number of benzene rings is 1. The molecule has 0 unspecified atom stereocenters. The Labute approximate surface area is 179 Å². The number of carbonyl (C=O) groups is 1. The van der Waals surface area contributed by atoms with E-state index in [1.807, 2.05) is 0 Å². The van der Waals surface area contributed by atoms with Gasteiger partial charge in [0.05, 0.1) is 0 Å². The quantitative estimate of drug-likeness (QED) is 0.565. The second-order valence-electron chi connectivity index (χ2n) is 6.55. The maximum atomic E-state index is 13.3. The summed E-state index contributed by atoms with van der Waals surface area (Å²) >= 11 is 0. The second kappa shape index (κ2) is 8.49. The van der Waals surface area contributed by atoms with Gasteiger partial charge in [-0.05, 0) is 48.9 Å². The summed E-state index contributed by atoms with van der Waals surface area (Å²) in [5, 5.41) is 8.26. The largest absolute Gasteiger partial charge is 0.437 e. The van der Waals surface area contributed by atoms with Crippen molar-refractivity contribution in [2.24, 2.45) is 0 Å². The summed E-state index contributed by atoms with van der Waals surface area (Å²) in [6, 6.07) is 7.54. The van der Waals surface area contributed by atoms with Crippen LogP contribution in [0, 0.1) is 12.7 Å². The molecular formula is C19H14F4N4O4S. The van der Waals surface area contributed by atoms with E-state index in [0.29, 0.717) is 11.6 Å². The van der Waals surface area contributed by atoms with Crippen molar-refractivity contribution in [2.45, 2.75) is 18.1 Å². The van der Waals surface area contributed by atoms with E-state index in [2.05, 4.69) is 20.5 Å². The van der Waals surface area contributed by atoms with Gasteiger partial charge in [-0.15, -0.1) is 10.2 Å². The number of hydrogen-bond acceptors (Lipinski definition) is 7. The molecule has 8 nitrogen and oxygen atoms in total. The summed E-state index contributed by atoms with van der Waals surface area (Å²) in [7, 11) is -3.70. The maximum absolute atomic E-state index is 13.3. The molecule has 3 aromatic rings. The van der Waals surface area contributed by atoms with Gasteiger partial charge in [0.1, 0.15) is 22.9 Å². The molecule has 1 N–H and O–H groups in total. The van der Waals surface area contributed by atoms with E-state index < -0.39 is 44.9 Å². The van der Waals surface area contributed by atoms with E-state index in [4.69, 9.17) is 4.74 Å². The minimum Gasteiger partial charge on any atom is -0.437 e. The van der Waals surface area contributed by atoms with Crippen molar-refractivity contribution in [2.75, 3.05) is 11.6 Å². The van der Waals surface area contributed by atoms with Gasteiger partial charge < -0.3 is 10.1 Å². The minimum absolute atomic E-state index is 0.0340. The smallest absolute Gasteiger partial charge is 0.435 e. The number of aromatic nitrogens is 3. The lowest BCUT2D eigenvalue weighted by Crippen LogP contribution is -2.18. The highest BCUT2D eigenvalue weighted by molar-refractivity contribution is 7.90. The van der Waals surface area contributed by atoms with Crippen LogP contribution in [0.1, 0.15) is 21.6 Å². The van der Waals surface area contributed by atoms with E-state index in [-0.39, 0.29) is 16.6 Å². The molecule has 2 aromatic heterocycles. The molecule has 0 radical (unpaired) electrons. The molecule has 0 aliphatic carbocycles. The summed E-state index contributed by atoms with van der Waals surface area (Å²) in [5.74, 6) is -2.45. The number of alkyl halides is 3. The van der Waals surface area contributed by atoms with Crippen molar-refractivity contribution >= 4 is 21.6 Å². The number of halogens is 4. The van der Waals surface area contributed by atoms with E-state index >= 15 is 0 Å². The van der Waals surface area contributed by atoms with Crippen molar-refractivity contribution in [3.05, 3.63) is 65.1 Å². The third kappa shape index (κ3) is 5.35. The third-order valence-electron chi connectivity index (χ3n) is 3.98. The Morgan fingerprint density at radius 3 is 2.44 bits per heavy atom. The van der Waals surface area contributed by atoms with Crippen LogP contribution >= 0.6 is 0 Å². The predicted octanol–water partition coefficient (Wildman–Crippen LogP) is 3.79. The molecule has 3 rings (SSSR count). The molecule has 13 heteroatoms. The molecule has 168 valence electrons. The topological polar surface area (TPSA) is 111 Å². The van der Waals surface area contributed by atoms with Gasteiger partial charge in [0.2, 0.25) is 0 Å². The number of ether oxygens (including phenoxy) is 1. The van der Waals surface area contributed by atoms with Crippen LogP contribution in [0.25, 0.3) is 0 Å². The average Bonchev–Trinajstić information content (AvgIpc) is 2.69. The third-order valence-corrected chi connectivity index (χ3v) is 4.97. The lowest BCUT2D eigenvalue weighted by Gasteiger charge is -2.13. The zero-order chi connectivity index (χ0) is 23.7. The molecule has 1 aromatic carbocycles. The fourth-order valence-corrected chi connectivity index (χ4v) is 3.05. The zero-order valence-corrected chi connectivity index (χ0v) is 17.3. The highest BCUT2D eigenvalue weighted by Gasteiger charge is 2.35. The first-order chi connectivity index (χ1) is 14.8. The molecule has 0 atom stereocenters. The van der Waals surface area contributed by atoms with E-state index in [1.165, 1.54) is 31.2 Å². The number of anilines is 1. The Bertz CT molecular complexity index is 1300. The number of pyridine rings is 1. The van der Waals surface area contributed by atoms with Crippen LogP contribution in [-0.4, -0.2) is 35.8 Å². The molecule has 0 fully saturated rings. The summed E-state index contributed by atoms with van der Waals surface area (Å²) in [4.78, 5) is 16.5. The van der Waals surface area contributed by atoms with Gasteiger partial charge in [0, 0.05) is 6.26 Å². The van der Waals surface area contributed by atoms with Crippen LogP contribution in [-0.2, 0) is 16.0 Å². The number of rotatable bonds is 5. The number of aryl methyl sites for hydroxylation is 1. The summed E-state index contributed by atoms with van der Waals surface area (Å²) in [5.41, 5.74) is -1.81. The number of hydrogen-bond donors (Lipinski definition) is 1. The normalized spacial score (nSPS) is 11.8. The van der Waals surface area contributed by atoms with Crippen LogP contribution in [0.3, 0.4) is 0 Å². The minimum atomic E-state index is -4.90. The van der Waals surface area contributed by atoms with Gasteiger partial charge in [-0.1, -0.05) is 6.07 Å². The Kier molecular flexibility index (Phi) is 6.12. The van der Waals surface area contributed by atoms with Gasteiger partial charge in [-0.3, -0.25) is 4.79 Å².